The van der Waals surface area contributed by atoms with Crippen LogP contribution in [0.1, 0.15) is 40.8 Å². The summed E-state index contributed by atoms with van der Waals surface area (Å²) < 4.78 is 31.1. The van der Waals surface area contributed by atoms with Gasteiger partial charge in [0.05, 0.1) is 15.9 Å². The molecular weight excluding hydrogens is 413 g/mol. The maximum Gasteiger partial charge on any atom is 0.296 e. The number of benzene rings is 1. The Balaban J connectivity index is 1.94. The van der Waals surface area contributed by atoms with Gasteiger partial charge in [0.1, 0.15) is 11.6 Å². The molecule has 1 aromatic heterocycles. The van der Waals surface area contributed by atoms with Crippen molar-refractivity contribution in [2.45, 2.75) is 32.0 Å². The minimum absolute atomic E-state index is 0.0639. The van der Waals surface area contributed by atoms with Gasteiger partial charge in [0.2, 0.25) is 5.75 Å². The summed E-state index contributed by atoms with van der Waals surface area (Å²) in [6.07, 6.45) is 1.16. The van der Waals surface area contributed by atoms with E-state index < -0.39 is 44.7 Å². The molecule has 3 N–H and O–H groups in total. The Labute approximate surface area is 173 Å². The van der Waals surface area contributed by atoms with Gasteiger partial charge in [-0.3, -0.25) is 14.2 Å². The third-order valence-corrected chi connectivity index (χ3v) is 6.96. The molecule has 0 radical (unpaired) electrons. The molecule has 30 heavy (non-hydrogen) atoms. The Kier molecular flexibility index (Phi) is 6.25. The van der Waals surface area contributed by atoms with Gasteiger partial charge in [0.15, 0.2) is 5.69 Å². The molecule has 1 aliphatic heterocycles. The molecule has 9 nitrogen and oxygen atoms in total. The van der Waals surface area contributed by atoms with Crippen molar-refractivity contribution < 1.29 is 18.5 Å². The van der Waals surface area contributed by atoms with Gasteiger partial charge in [-0.2, -0.15) is 0 Å². The first-order chi connectivity index (χ1) is 14.2. The number of nitrogens with zero attached hydrogens (tertiary/aromatic N) is 3. The highest BCUT2D eigenvalue weighted by atomic mass is 32.2. The van der Waals surface area contributed by atoms with Crippen LogP contribution in [-0.2, 0) is 23.0 Å². The van der Waals surface area contributed by atoms with Crippen molar-refractivity contribution in [3.05, 3.63) is 57.5 Å². The maximum atomic E-state index is 13.0. The smallest absolute Gasteiger partial charge is 0.296 e. The topological polar surface area (TPSA) is 117 Å². The van der Waals surface area contributed by atoms with E-state index in [1.165, 1.54) is 40.2 Å². The number of aromatic hydroxyl groups is 1. The summed E-state index contributed by atoms with van der Waals surface area (Å²) in [7, 11) is 0.299. The van der Waals surface area contributed by atoms with Gasteiger partial charge < -0.3 is 10.4 Å². The number of hydrogen-bond acceptors (Lipinski definition) is 5. The molecule has 2 unspecified atom stereocenters. The van der Waals surface area contributed by atoms with E-state index in [9.17, 15) is 23.3 Å². The fraction of sp³-hybridized carbons (Fsp3) is 0.368. The predicted molar refractivity (Wildman–Crippen MR) is 112 cm³/mol. The molecule has 3 rings (SSSR count). The number of aromatic nitrogens is 2. The predicted octanol–water partition coefficient (Wildman–Crippen LogP) is 0.550. The van der Waals surface area contributed by atoms with Crippen LogP contribution >= 0.6 is 0 Å². The summed E-state index contributed by atoms with van der Waals surface area (Å²) in [5.41, 5.74) is -0.499. The number of carbonyl (C=O) groups excluding carboxylic acids is 1. The van der Waals surface area contributed by atoms with Crippen LogP contribution in [0.4, 0.5) is 4.39 Å². The molecule has 11 heteroatoms. The number of amides is 1. The van der Waals surface area contributed by atoms with Crippen LogP contribution in [0.25, 0.3) is 0 Å². The molecule has 0 saturated heterocycles. The van der Waals surface area contributed by atoms with Crippen molar-refractivity contribution in [1.29, 1.82) is 0 Å². The zero-order valence-electron chi connectivity index (χ0n) is 16.7. The second-order valence-electron chi connectivity index (χ2n) is 6.98. The van der Waals surface area contributed by atoms with E-state index in [4.69, 9.17) is 0 Å². The Morgan fingerprint density at radius 3 is 2.73 bits per heavy atom. The molecule has 1 aromatic carbocycles. The van der Waals surface area contributed by atoms with Crippen LogP contribution in [0.15, 0.2) is 29.1 Å². The quantitative estimate of drug-likeness (QED) is 0.571. The van der Waals surface area contributed by atoms with E-state index in [2.05, 4.69) is 20.9 Å². The summed E-state index contributed by atoms with van der Waals surface area (Å²) in [6, 6.07) is 5.02. The molecule has 1 aliphatic rings. The molecule has 162 valence electrons. The minimum Gasteiger partial charge on any atom is -0.501 e. The molecule has 2 aromatic rings. The van der Waals surface area contributed by atoms with Crippen LogP contribution in [0, 0.1) is 5.82 Å². The van der Waals surface area contributed by atoms with Gasteiger partial charge in [-0.15, -0.1) is 0 Å². The summed E-state index contributed by atoms with van der Waals surface area (Å²) in [4.78, 5) is 29.6. The lowest BCUT2D eigenvalue weighted by atomic mass is 10.1. The van der Waals surface area contributed by atoms with Gasteiger partial charge in [-0.05, 0) is 43.5 Å². The van der Waals surface area contributed by atoms with Gasteiger partial charge in [-0.25, -0.2) is 22.6 Å². The van der Waals surface area contributed by atoms with Crippen LogP contribution in [0.2, 0.25) is 0 Å². The van der Waals surface area contributed by atoms with E-state index in [1.807, 2.05) is 0 Å². The fourth-order valence-electron chi connectivity index (χ4n) is 3.32. The van der Waals surface area contributed by atoms with Crippen molar-refractivity contribution in [3.8, 4) is 5.75 Å². The minimum atomic E-state index is -2.81. The lowest BCUT2D eigenvalue weighted by molar-refractivity contribution is 0.0940. The summed E-state index contributed by atoms with van der Waals surface area (Å²) >= 11 is 0. The van der Waals surface area contributed by atoms with Crippen LogP contribution in [-0.4, -0.2) is 49.0 Å². The summed E-state index contributed by atoms with van der Waals surface area (Å²) in [6.45, 7) is 0.392. The van der Waals surface area contributed by atoms with Crippen molar-refractivity contribution in [1.82, 2.24) is 23.9 Å². The van der Waals surface area contributed by atoms with E-state index >= 15 is 0 Å². The SMILES string of the molecule is C=S(=O)(NC)N(C)C1CCCn2c1nc(C(=O)NCc1ccc(F)cc1)c(O)c2=O. The van der Waals surface area contributed by atoms with E-state index in [0.29, 0.717) is 24.9 Å². The van der Waals surface area contributed by atoms with Gasteiger partial charge in [0.25, 0.3) is 11.5 Å². The number of rotatable bonds is 6. The third-order valence-electron chi connectivity index (χ3n) is 5.14. The number of hydrogen-bond donors (Lipinski definition) is 3. The van der Waals surface area contributed by atoms with Gasteiger partial charge >= 0.3 is 0 Å². The molecule has 0 saturated carbocycles. The number of halogens is 1. The maximum absolute atomic E-state index is 13.0. The van der Waals surface area contributed by atoms with Crippen LogP contribution < -0.4 is 15.6 Å². The molecule has 1 amide bonds. The number of fused-ring (bicyclic) bond motifs is 1. The summed E-state index contributed by atoms with van der Waals surface area (Å²) in [5.74, 6) is 2.03. The lowest BCUT2D eigenvalue weighted by Gasteiger charge is -2.34. The molecule has 2 atom stereocenters. The van der Waals surface area contributed by atoms with E-state index in [-0.39, 0.29) is 12.4 Å². The highest BCUT2D eigenvalue weighted by Crippen LogP contribution is 2.30. The molecular formula is C19H24FN5O4S. The first kappa shape index (κ1) is 21.9. The highest BCUT2D eigenvalue weighted by Gasteiger charge is 2.32. The second-order valence-corrected chi connectivity index (χ2v) is 9.25. The lowest BCUT2D eigenvalue weighted by Crippen LogP contribution is -2.43. The zero-order valence-corrected chi connectivity index (χ0v) is 17.5. The first-order valence-electron chi connectivity index (χ1n) is 9.30. The monoisotopic (exact) mass is 437 g/mol. The molecule has 0 spiro atoms. The number of carbonyl (C=O) groups is 1. The Hall–Kier alpha value is -2.76. The Bertz CT molecular complexity index is 1110. The zero-order chi connectivity index (χ0) is 22.1. The Morgan fingerprint density at radius 1 is 1.43 bits per heavy atom. The highest BCUT2D eigenvalue weighted by molar-refractivity contribution is 7.96. The molecule has 0 fully saturated rings. The molecule has 2 heterocycles. The van der Waals surface area contributed by atoms with Crippen molar-refractivity contribution >= 4 is 21.7 Å². The van der Waals surface area contributed by atoms with Crippen molar-refractivity contribution in [3.63, 3.8) is 0 Å². The van der Waals surface area contributed by atoms with Crippen LogP contribution in [0.5, 0.6) is 5.75 Å². The molecule has 0 aliphatic carbocycles. The number of nitrogens with one attached hydrogen (secondary N) is 2. The second kappa shape index (κ2) is 8.54. The van der Waals surface area contributed by atoms with Gasteiger partial charge in [-0.1, -0.05) is 12.1 Å². The average molecular weight is 437 g/mol. The Morgan fingerprint density at radius 2 is 2.10 bits per heavy atom. The van der Waals surface area contributed by atoms with Crippen molar-refractivity contribution in [2.75, 3.05) is 14.1 Å². The standard InChI is InChI=1S/C19H24FN5O4S/c1-21-30(3,29)24(2)14-5-4-10-25-17(14)23-15(16(26)19(25)28)18(27)22-11-12-6-8-13(20)9-7-12/h6-9,14,26H,3-5,10-11H2,1-2H3,(H,21,29)(H,22,27). The van der Waals surface area contributed by atoms with Crippen LogP contribution in [0.3, 0.4) is 0 Å². The van der Waals surface area contributed by atoms with E-state index in [0.717, 1.165) is 0 Å². The first-order valence-corrected chi connectivity index (χ1v) is 11.0. The normalized spacial score (nSPS) is 17.9. The molecule has 0 bridgehead atoms. The average Bonchev–Trinajstić information content (AvgIpc) is 2.74. The fourth-order valence-corrected chi connectivity index (χ4v) is 4.22. The van der Waals surface area contributed by atoms with Crippen molar-refractivity contribution in [2.24, 2.45) is 0 Å². The van der Waals surface area contributed by atoms with E-state index in [1.54, 1.807) is 7.05 Å². The van der Waals surface area contributed by atoms with Gasteiger partial charge in [0, 0.05) is 20.1 Å². The largest absolute Gasteiger partial charge is 0.501 e. The summed E-state index contributed by atoms with van der Waals surface area (Å²) in [5, 5.41) is 12.9. The third kappa shape index (κ3) is 4.23.